The summed E-state index contributed by atoms with van der Waals surface area (Å²) >= 11 is 3.54. The van der Waals surface area contributed by atoms with Crippen molar-refractivity contribution in [2.24, 2.45) is 0 Å². The molecule has 0 atom stereocenters. The Balaban J connectivity index is 2.13. The van der Waals surface area contributed by atoms with Crippen LogP contribution in [0.1, 0.15) is 25.8 Å². The first-order valence-corrected chi connectivity index (χ1v) is 7.98. The van der Waals surface area contributed by atoms with Crippen LogP contribution in [0.25, 0.3) is 0 Å². The molecular weight excluding hydrogens is 350 g/mol. The second-order valence-corrected chi connectivity index (χ2v) is 5.48. The smallest absolute Gasteiger partial charge is 0.243 e. The van der Waals surface area contributed by atoms with Crippen molar-refractivity contribution in [3.63, 3.8) is 0 Å². The first-order valence-electron chi connectivity index (χ1n) is 7.18. The molecule has 22 heavy (non-hydrogen) atoms. The molecule has 0 saturated carbocycles. The van der Waals surface area contributed by atoms with E-state index in [1.807, 2.05) is 19.1 Å². The van der Waals surface area contributed by atoms with Crippen molar-refractivity contribution >= 4 is 21.9 Å². The third-order valence-electron chi connectivity index (χ3n) is 3.02. The van der Waals surface area contributed by atoms with Gasteiger partial charge in [0.05, 0.1) is 18.2 Å². The Kier molecular flexibility index (Phi) is 6.00. The molecule has 1 heterocycles. The topological polar surface area (TPSA) is 74.1 Å². The summed E-state index contributed by atoms with van der Waals surface area (Å²) in [6.45, 7) is 6.00. The molecule has 0 radical (unpaired) electrons. The molecule has 0 spiro atoms. The SMILES string of the molecule is CCCOc1c(Br)cc(CNc2nnnn2CC)cc1OC. The molecule has 120 valence electrons. The Morgan fingerprint density at radius 2 is 2.14 bits per heavy atom. The Hall–Kier alpha value is -1.83. The van der Waals surface area contributed by atoms with Gasteiger partial charge in [-0.3, -0.25) is 0 Å². The Bertz CT molecular complexity index is 617. The minimum Gasteiger partial charge on any atom is -0.493 e. The fourth-order valence-corrected chi connectivity index (χ4v) is 2.55. The highest BCUT2D eigenvalue weighted by atomic mass is 79.9. The zero-order chi connectivity index (χ0) is 15.9. The lowest BCUT2D eigenvalue weighted by Crippen LogP contribution is -2.08. The average Bonchev–Trinajstić information content (AvgIpc) is 2.98. The van der Waals surface area contributed by atoms with Crippen molar-refractivity contribution in [1.82, 2.24) is 20.2 Å². The van der Waals surface area contributed by atoms with Gasteiger partial charge in [0.25, 0.3) is 0 Å². The van der Waals surface area contributed by atoms with Gasteiger partial charge < -0.3 is 14.8 Å². The lowest BCUT2D eigenvalue weighted by atomic mass is 10.2. The number of nitrogens with zero attached hydrogens (tertiary/aromatic N) is 4. The van der Waals surface area contributed by atoms with E-state index in [0.717, 1.165) is 22.2 Å². The number of aryl methyl sites for hydroxylation is 1. The van der Waals surface area contributed by atoms with Gasteiger partial charge in [0.1, 0.15) is 0 Å². The van der Waals surface area contributed by atoms with E-state index in [9.17, 15) is 0 Å². The van der Waals surface area contributed by atoms with Crippen molar-refractivity contribution in [3.8, 4) is 11.5 Å². The van der Waals surface area contributed by atoms with E-state index in [1.165, 1.54) is 0 Å². The third-order valence-corrected chi connectivity index (χ3v) is 3.61. The summed E-state index contributed by atoms with van der Waals surface area (Å²) in [5.41, 5.74) is 1.04. The van der Waals surface area contributed by atoms with E-state index < -0.39 is 0 Å². The van der Waals surface area contributed by atoms with Crippen molar-refractivity contribution in [1.29, 1.82) is 0 Å². The summed E-state index contributed by atoms with van der Waals surface area (Å²) < 4.78 is 13.7. The van der Waals surface area contributed by atoms with E-state index in [0.29, 0.717) is 31.4 Å². The highest BCUT2D eigenvalue weighted by Gasteiger charge is 2.12. The molecule has 7 nitrogen and oxygen atoms in total. The molecule has 0 fully saturated rings. The maximum absolute atomic E-state index is 5.72. The van der Waals surface area contributed by atoms with E-state index >= 15 is 0 Å². The Morgan fingerprint density at radius 1 is 1.32 bits per heavy atom. The van der Waals surface area contributed by atoms with Crippen LogP contribution >= 0.6 is 15.9 Å². The molecule has 1 aromatic heterocycles. The number of rotatable bonds is 8. The standard InChI is InChI=1S/C14H20BrN5O2/c1-4-6-22-13-11(15)7-10(8-12(13)21-3)9-16-14-17-18-19-20(14)5-2/h7-8H,4-6,9H2,1-3H3,(H,16,17,19). The average molecular weight is 370 g/mol. The molecule has 0 unspecified atom stereocenters. The fraction of sp³-hybridized carbons (Fsp3) is 0.500. The molecule has 0 saturated heterocycles. The number of benzene rings is 1. The number of anilines is 1. The molecule has 0 aliphatic rings. The van der Waals surface area contributed by atoms with Crippen LogP contribution in [-0.2, 0) is 13.1 Å². The Labute approximate surface area is 138 Å². The molecule has 2 rings (SSSR count). The van der Waals surface area contributed by atoms with Crippen LogP contribution in [0.15, 0.2) is 16.6 Å². The highest BCUT2D eigenvalue weighted by Crippen LogP contribution is 2.36. The van der Waals surface area contributed by atoms with Gasteiger partial charge in [-0.2, -0.15) is 0 Å². The molecule has 0 aliphatic heterocycles. The first-order chi connectivity index (χ1) is 10.7. The summed E-state index contributed by atoms with van der Waals surface area (Å²) in [5, 5.41) is 14.7. The predicted molar refractivity (Wildman–Crippen MR) is 87.3 cm³/mol. The van der Waals surface area contributed by atoms with Gasteiger partial charge in [-0.1, -0.05) is 12.0 Å². The second kappa shape index (κ2) is 7.98. The molecule has 1 aromatic carbocycles. The van der Waals surface area contributed by atoms with Crippen LogP contribution in [0.2, 0.25) is 0 Å². The van der Waals surface area contributed by atoms with Gasteiger partial charge in [-0.05, 0) is 57.4 Å². The van der Waals surface area contributed by atoms with Gasteiger partial charge in [-0.15, -0.1) is 0 Å². The second-order valence-electron chi connectivity index (χ2n) is 4.63. The summed E-state index contributed by atoms with van der Waals surface area (Å²) in [6, 6.07) is 3.95. The molecule has 8 heteroatoms. The van der Waals surface area contributed by atoms with Crippen LogP contribution in [0.5, 0.6) is 11.5 Å². The zero-order valence-electron chi connectivity index (χ0n) is 13.0. The number of halogens is 1. The van der Waals surface area contributed by atoms with Gasteiger partial charge in [0, 0.05) is 13.1 Å². The summed E-state index contributed by atoms with van der Waals surface area (Å²) in [5.74, 6) is 2.07. The first kappa shape index (κ1) is 16.5. The minimum absolute atomic E-state index is 0.587. The number of aromatic nitrogens is 4. The van der Waals surface area contributed by atoms with E-state index in [-0.39, 0.29) is 0 Å². The van der Waals surface area contributed by atoms with Crippen LogP contribution in [-0.4, -0.2) is 33.9 Å². The van der Waals surface area contributed by atoms with Crippen LogP contribution < -0.4 is 14.8 Å². The monoisotopic (exact) mass is 369 g/mol. The van der Waals surface area contributed by atoms with Crippen LogP contribution in [0.4, 0.5) is 5.95 Å². The number of hydrogen-bond donors (Lipinski definition) is 1. The number of hydrogen-bond acceptors (Lipinski definition) is 6. The summed E-state index contributed by atoms with van der Waals surface area (Å²) in [4.78, 5) is 0. The fourth-order valence-electron chi connectivity index (χ4n) is 1.94. The third kappa shape index (κ3) is 3.88. The maximum Gasteiger partial charge on any atom is 0.243 e. The van der Waals surface area contributed by atoms with Gasteiger partial charge in [-0.25, -0.2) is 4.68 Å². The normalized spacial score (nSPS) is 10.5. The Morgan fingerprint density at radius 3 is 2.82 bits per heavy atom. The lowest BCUT2D eigenvalue weighted by Gasteiger charge is -2.14. The minimum atomic E-state index is 0.587. The molecule has 2 aromatic rings. The largest absolute Gasteiger partial charge is 0.493 e. The lowest BCUT2D eigenvalue weighted by molar-refractivity contribution is 0.292. The van der Waals surface area contributed by atoms with Crippen molar-refractivity contribution in [3.05, 3.63) is 22.2 Å². The van der Waals surface area contributed by atoms with Gasteiger partial charge in [0.2, 0.25) is 5.95 Å². The van der Waals surface area contributed by atoms with E-state index in [2.05, 4.69) is 43.7 Å². The van der Waals surface area contributed by atoms with Crippen LogP contribution in [0, 0.1) is 0 Å². The molecule has 0 aliphatic carbocycles. The number of ether oxygens (including phenoxy) is 2. The van der Waals surface area contributed by atoms with Gasteiger partial charge >= 0.3 is 0 Å². The van der Waals surface area contributed by atoms with Crippen molar-refractivity contribution in [2.75, 3.05) is 19.0 Å². The van der Waals surface area contributed by atoms with Crippen molar-refractivity contribution in [2.45, 2.75) is 33.4 Å². The molecule has 0 bridgehead atoms. The summed E-state index contributed by atoms with van der Waals surface area (Å²) in [6.07, 6.45) is 0.943. The number of nitrogens with one attached hydrogen (secondary N) is 1. The molecule has 0 amide bonds. The maximum atomic E-state index is 5.72. The van der Waals surface area contributed by atoms with Gasteiger partial charge in [0.15, 0.2) is 11.5 Å². The predicted octanol–water partition coefficient (Wildman–Crippen LogP) is 2.87. The molecular formula is C14H20BrN5O2. The number of methoxy groups -OCH3 is 1. The van der Waals surface area contributed by atoms with Crippen LogP contribution in [0.3, 0.4) is 0 Å². The highest BCUT2D eigenvalue weighted by molar-refractivity contribution is 9.10. The van der Waals surface area contributed by atoms with Crippen molar-refractivity contribution < 1.29 is 9.47 Å². The van der Waals surface area contributed by atoms with E-state index in [1.54, 1.807) is 11.8 Å². The van der Waals surface area contributed by atoms with E-state index in [4.69, 9.17) is 9.47 Å². The molecule has 1 N–H and O–H groups in total. The number of tetrazole rings is 1. The quantitative estimate of drug-likeness (QED) is 0.770. The zero-order valence-corrected chi connectivity index (χ0v) is 14.6. The summed E-state index contributed by atoms with van der Waals surface area (Å²) in [7, 11) is 1.63.